The Morgan fingerprint density at radius 1 is 1.50 bits per heavy atom. The summed E-state index contributed by atoms with van der Waals surface area (Å²) in [5.41, 5.74) is 2.74. The van der Waals surface area contributed by atoms with Crippen molar-refractivity contribution in [3.63, 3.8) is 0 Å². The van der Waals surface area contributed by atoms with Gasteiger partial charge in [-0.2, -0.15) is 4.52 Å². The van der Waals surface area contributed by atoms with Crippen LogP contribution in [0.2, 0.25) is 0 Å². The molecule has 1 N–H and O–H groups in total. The van der Waals surface area contributed by atoms with Crippen LogP contribution in [0.3, 0.4) is 0 Å². The van der Waals surface area contributed by atoms with E-state index in [1.165, 1.54) is 4.52 Å². The highest BCUT2D eigenvalue weighted by molar-refractivity contribution is 5.45. The van der Waals surface area contributed by atoms with Crippen molar-refractivity contribution in [1.82, 2.24) is 14.6 Å². The molecule has 2 heterocycles. The number of hydrogen-bond donors (Lipinski definition) is 1. The average Bonchev–Trinajstić information content (AvgIpc) is 2.58. The summed E-state index contributed by atoms with van der Waals surface area (Å²) in [5.74, 6) is 1.12. The molecule has 0 aliphatic rings. The van der Waals surface area contributed by atoms with Gasteiger partial charge in [0.2, 0.25) is 0 Å². The molecule has 86 valence electrons. The number of fused-ring (bicyclic) bond motifs is 1. The first kappa shape index (κ1) is 10.9. The lowest BCUT2D eigenvalue weighted by atomic mass is 9.97. The quantitative estimate of drug-likeness (QED) is 0.840. The van der Waals surface area contributed by atoms with Gasteiger partial charge in [-0.3, -0.25) is 9.89 Å². The predicted octanol–water partition coefficient (Wildman–Crippen LogP) is 2.02. The van der Waals surface area contributed by atoms with Crippen molar-refractivity contribution >= 4 is 5.65 Å². The Balaban J connectivity index is 2.86. The molecule has 0 saturated heterocycles. The highest BCUT2D eigenvalue weighted by Crippen LogP contribution is 2.18. The lowest BCUT2D eigenvalue weighted by Gasteiger charge is -2.10. The van der Waals surface area contributed by atoms with Crippen molar-refractivity contribution in [1.29, 1.82) is 0 Å². The Morgan fingerprint density at radius 2 is 2.19 bits per heavy atom. The van der Waals surface area contributed by atoms with E-state index in [0.29, 0.717) is 11.6 Å². The van der Waals surface area contributed by atoms with Crippen molar-refractivity contribution in [2.75, 3.05) is 0 Å². The zero-order valence-corrected chi connectivity index (χ0v) is 10.2. The predicted molar refractivity (Wildman–Crippen MR) is 64.0 cm³/mol. The zero-order valence-electron chi connectivity index (χ0n) is 10.2. The monoisotopic (exact) mass is 219 g/mol. The maximum Gasteiger partial charge on any atom is 0.274 e. The van der Waals surface area contributed by atoms with Crippen LogP contribution in [-0.2, 0) is 6.42 Å². The van der Waals surface area contributed by atoms with Crippen LogP contribution in [0.4, 0.5) is 0 Å². The second-order valence-electron chi connectivity index (χ2n) is 4.39. The van der Waals surface area contributed by atoms with Gasteiger partial charge in [0, 0.05) is 5.56 Å². The van der Waals surface area contributed by atoms with E-state index in [1.54, 1.807) is 0 Å². The van der Waals surface area contributed by atoms with Crippen molar-refractivity contribution in [2.45, 2.75) is 40.0 Å². The van der Waals surface area contributed by atoms with Gasteiger partial charge in [0.15, 0.2) is 5.65 Å². The summed E-state index contributed by atoms with van der Waals surface area (Å²) in [6, 6.07) is 2.01. The van der Waals surface area contributed by atoms with Gasteiger partial charge in [-0.15, -0.1) is 0 Å². The molecule has 0 fully saturated rings. The van der Waals surface area contributed by atoms with Gasteiger partial charge in [-0.1, -0.05) is 20.8 Å². The maximum absolute atomic E-state index is 12.2. The molecule has 0 aliphatic heterocycles. The molecule has 16 heavy (non-hydrogen) atoms. The van der Waals surface area contributed by atoms with Crippen LogP contribution in [0.15, 0.2) is 10.9 Å². The fraction of sp³-hybridized carbons (Fsp3) is 0.500. The van der Waals surface area contributed by atoms with E-state index in [0.717, 1.165) is 23.4 Å². The molecular formula is C12H17N3O. The van der Waals surface area contributed by atoms with Gasteiger partial charge in [0.25, 0.3) is 5.56 Å². The number of aromatic nitrogens is 3. The van der Waals surface area contributed by atoms with Gasteiger partial charge >= 0.3 is 0 Å². The van der Waals surface area contributed by atoms with Crippen molar-refractivity contribution < 1.29 is 0 Å². The second kappa shape index (κ2) is 3.77. The molecule has 4 nitrogen and oxygen atoms in total. The molecule has 4 heteroatoms. The highest BCUT2D eigenvalue weighted by Gasteiger charge is 2.13. The van der Waals surface area contributed by atoms with Gasteiger partial charge in [0.05, 0.1) is 0 Å². The van der Waals surface area contributed by atoms with Gasteiger partial charge in [-0.25, -0.2) is 4.98 Å². The van der Waals surface area contributed by atoms with E-state index in [-0.39, 0.29) is 5.56 Å². The van der Waals surface area contributed by atoms with E-state index in [1.807, 2.05) is 19.9 Å². The van der Waals surface area contributed by atoms with Crippen LogP contribution in [0.25, 0.3) is 5.65 Å². The molecule has 0 atom stereocenters. The first-order valence-electron chi connectivity index (χ1n) is 5.65. The summed E-state index contributed by atoms with van der Waals surface area (Å²) < 4.78 is 1.53. The summed E-state index contributed by atoms with van der Waals surface area (Å²) in [5, 5.41) is 2.96. The van der Waals surface area contributed by atoms with Crippen LogP contribution >= 0.6 is 0 Å². The van der Waals surface area contributed by atoms with E-state index in [4.69, 9.17) is 0 Å². The molecule has 2 rings (SSSR count). The van der Waals surface area contributed by atoms with Crippen molar-refractivity contribution in [3.05, 3.63) is 33.4 Å². The third kappa shape index (κ3) is 1.54. The number of nitrogens with one attached hydrogen (secondary N) is 1. The van der Waals surface area contributed by atoms with Crippen LogP contribution < -0.4 is 5.56 Å². The minimum atomic E-state index is 0.0318. The Morgan fingerprint density at radius 3 is 2.75 bits per heavy atom. The van der Waals surface area contributed by atoms with Crippen molar-refractivity contribution in [2.24, 2.45) is 0 Å². The SMILES string of the molecule is CCc1c(C(C)C)cc2nc(C)[nH]n2c1=O. The summed E-state index contributed by atoms with van der Waals surface area (Å²) in [7, 11) is 0. The number of pyridine rings is 1. The average molecular weight is 219 g/mol. The number of aryl methyl sites for hydroxylation is 1. The van der Waals surface area contributed by atoms with E-state index < -0.39 is 0 Å². The summed E-state index contributed by atoms with van der Waals surface area (Å²) in [6.45, 7) is 8.07. The van der Waals surface area contributed by atoms with Crippen LogP contribution in [0.1, 0.15) is 43.6 Å². The Kier molecular flexibility index (Phi) is 2.58. The maximum atomic E-state index is 12.2. The second-order valence-corrected chi connectivity index (χ2v) is 4.39. The third-order valence-electron chi connectivity index (χ3n) is 2.85. The number of hydrogen-bond acceptors (Lipinski definition) is 2. The molecule has 2 aromatic heterocycles. The molecule has 0 aliphatic carbocycles. The zero-order chi connectivity index (χ0) is 11.9. The minimum Gasteiger partial charge on any atom is -0.277 e. The van der Waals surface area contributed by atoms with Crippen molar-refractivity contribution in [3.8, 4) is 0 Å². The molecule has 0 spiro atoms. The number of H-pyrrole nitrogens is 1. The lowest BCUT2D eigenvalue weighted by molar-refractivity contribution is 0.806. The molecule has 0 aromatic carbocycles. The fourth-order valence-electron chi connectivity index (χ4n) is 2.07. The van der Waals surface area contributed by atoms with Crippen LogP contribution in [0.5, 0.6) is 0 Å². The summed E-state index contributed by atoms with van der Waals surface area (Å²) in [4.78, 5) is 16.5. The topological polar surface area (TPSA) is 50.2 Å². The number of nitrogens with zero attached hydrogens (tertiary/aromatic N) is 2. The standard InChI is InChI=1S/C12H17N3O/c1-5-9-10(7(2)3)6-11-13-8(4)14-15(11)12(9)16/h6-7H,5H2,1-4H3,(H,13,14). The van der Waals surface area contributed by atoms with E-state index in [9.17, 15) is 4.79 Å². The lowest BCUT2D eigenvalue weighted by Crippen LogP contribution is -2.21. The molecule has 0 saturated carbocycles. The number of aromatic amines is 1. The summed E-state index contributed by atoms with van der Waals surface area (Å²) in [6.07, 6.45) is 0.757. The molecule has 0 bridgehead atoms. The smallest absolute Gasteiger partial charge is 0.274 e. The molecule has 0 radical (unpaired) electrons. The normalized spacial score (nSPS) is 11.6. The van der Waals surface area contributed by atoms with Crippen LogP contribution in [0, 0.1) is 6.92 Å². The van der Waals surface area contributed by atoms with E-state index >= 15 is 0 Å². The molecule has 0 amide bonds. The minimum absolute atomic E-state index is 0.0318. The van der Waals surface area contributed by atoms with Gasteiger partial charge < -0.3 is 0 Å². The highest BCUT2D eigenvalue weighted by atomic mass is 16.1. The van der Waals surface area contributed by atoms with Gasteiger partial charge in [0.1, 0.15) is 5.82 Å². The number of rotatable bonds is 2. The Hall–Kier alpha value is -1.58. The third-order valence-corrected chi connectivity index (χ3v) is 2.85. The molecule has 2 aromatic rings. The van der Waals surface area contributed by atoms with E-state index in [2.05, 4.69) is 23.9 Å². The fourth-order valence-corrected chi connectivity index (χ4v) is 2.07. The first-order valence-corrected chi connectivity index (χ1v) is 5.65. The van der Waals surface area contributed by atoms with Crippen LogP contribution in [-0.4, -0.2) is 14.6 Å². The largest absolute Gasteiger partial charge is 0.277 e. The summed E-state index contributed by atoms with van der Waals surface area (Å²) >= 11 is 0. The first-order chi connectivity index (χ1) is 7.54. The Labute approximate surface area is 94.3 Å². The van der Waals surface area contributed by atoms with Gasteiger partial charge in [-0.05, 0) is 30.9 Å². The Bertz CT molecular complexity index is 578. The molecule has 0 unspecified atom stereocenters. The molecular weight excluding hydrogens is 202 g/mol.